The molecule has 1 aromatic heterocycles. The first-order chi connectivity index (χ1) is 7.83. The van der Waals surface area contributed by atoms with E-state index < -0.39 is 0 Å². The van der Waals surface area contributed by atoms with Gasteiger partial charge in [0.05, 0.1) is 0 Å². The van der Waals surface area contributed by atoms with Gasteiger partial charge in [-0.25, -0.2) is 4.98 Å². The van der Waals surface area contributed by atoms with Crippen molar-refractivity contribution in [2.24, 2.45) is 0 Å². The summed E-state index contributed by atoms with van der Waals surface area (Å²) in [6, 6.07) is 8.65. The lowest BCUT2D eigenvalue weighted by molar-refractivity contribution is 0.633. The van der Waals surface area contributed by atoms with Gasteiger partial charge >= 0.3 is 0 Å². The smallest absolute Gasteiger partial charge is 0.200 e. The molecule has 2 aromatic rings. The van der Waals surface area contributed by atoms with Crippen molar-refractivity contribution < 1.29 is 0 Å². The summed E-state index contributed by atoms with van der Waals surface area (Å²) in [6.07, 6.45) is 3.03. The van der Waals surface area contributed by atoms with Crippen molar-refractivity contribution in [1.82, 2.24) is 9.97 Å². The molecule has 0 saturated carbocycles. The number of rotatable bonds is 3. The summed E-state index contributed by atoms with van der Waals surface area (Å²) in [4.78, 5) is 7.42. The number of anilines is 1. The van der Waals surface area contributed by atoms with E-state index in [9.17, 15) is 0 Å². The third-order valence-corrected chi connectivity index (χ3v) is 3.18. The molecule has 0 amide bonds. The number of aromatic nitrogens is 2. The van der Waals surface area contributed by atoms with E-state index in [1.807, 2.05) is 13.1 Å². The number of hydrogen-bond acceptors (Lipinski definition) is 2. The standard InChI is InChI=1S/C13H15N3/c1-9-7-14-13(16-9)15-8-11-6-10-4-2-3-5-12(10)11/h2-5,7,11H,6,8H2,1H3,(H2,14,15,16). The topological polar surface area (TPSA) is 40.7 Å². The zero-order valence-electron chi connectivity index (χ0n) is 9.33. The Labute approximate surface area is 94.9 Å². The van der Waals surface area contributed by atoms with Gasteiger partial charge in [0.15, 0.2) is 5.95 Å². The van der Waals surface area contributed by atoms with Gasteiger partial charge in [-0.3, -0.25) is 0 Å². The second kappa shape index (κ2) is 3.67. The highest BCUT2D eigenvalue weighted by Gasteiger charge is 2.24. The summed E-state index contributed by atoms with van der Waals surface area (Å²) in [5, 5.41) is 3.34. The van der Waals surface area contributed by atoms with Crippen molar-refractivity contribution in [1.29, 1.82) is 0 Å². The molecule has 3 rings (SSSR count). The number of nitrogens with zero attached hydrogens (tertiary/aromatic N) is 1. The SMILES string of the molecule is Cc1cnc(NCC2Cc3ccccc32)[nH]1. The fourth-order valence-electron chi connectivity index (χ4n) is 2.27. The maximum absolute atomic E-state index is 4.24. The molecule has 1 atom stereocenters. The Morgan fingerprint density at radius 2 is 2.31 bits per heavy atom. The number of aryl methyl sites for hydroxylation is 1. The molecular formula is C13H15N3. The van der Waals surface area contributed by atoms with Crippen molar-refractivity contribution in [3.05, 3.63) is 47.3 Å². The third-order valence-electron chi connectivity index (χ3n) is 3.18. The van der Waals surface area contributed by atoms with Crippen molar-refractivity contribution in [2.45, 2.75) is 19.3 Å². The van der Waals surface area contributed by atoms with Crippen molar-refractivity contribution >= 4 is 5.95 Å². The minimum absolute atomic E-state index is 0.640. The van der Waals surface area contributed by atoms with Crippen molar-refractivity contribution in [3.63, 3.8) is 0 Å². The minimum Gasteiger partial charge on any atom is -0.355 e. The van der Waals surface area contributed by atoms with Gasteiger partial charge in [-0.05, 0) is 24.5 Å². The molecule has 16 heavy (non-hydrogen) atoms. The van der Waals surface area contributed by atoms with Crippen LogP contribution in [0.5, 0.6) is 0 Å². The molecule has 0 aliphatic heterocycles. The van der Waals surface area contributed by atoms with E-state index in [2.05, 4.69) is 39.6 Å². The van der Waals surface area contributed by atoms with Crippen LogP contribution >= 0.6 is 0 Å². The largest absolute Gasteiger partial charge is 0.355 e. The number of benzene rings is 1. The van der Waals surface area contributed by atoms with Crippen molar-refractivity contribution in [3.8, 4) is 0 Å². The van der Waals surface area contributed by atoms with Crippen LogP contribution in [0.2, 0.25) is 0 Å². The van der Waals surface area contributed by atoms with Gasteiger partial charge in [0.25, 0.3) is 0 Å². The molecule has 1 aromatic carbocycles. The third kappa shape index (κ3) is 1.58. The van der Waals surface area contributed by atoms with Gasteiger partial charge in [-0.2, -0.15) is 0 Å². The van der Waals surface area contributed by atoms with Gasteiger partial charge in [0.1, 0.15) is 0 Å². The molecule has 1 heterocycles. The van der Waals surface area contributed by atoms with Crippen LogP contribution < -0.4 is 5.32 Å². The molecule has 1 unspecified atom stereocenters. The number of nitrogens with one attached hydrogen (secondary N) is 2. The van der Waals surface area contributed by atoms with Crippen LogP contribution in [0.25, 0.3) is 0 Å². The average Bonchev–Trinajstić information content (AvgIpc) is 2.66. The van der Waals surface area contributed by atoms with Crippen LogP contribution in [0, 0.1) is 6.92 Å². The molecule has 0 bridgehead atoms. The monoisotopic (exact) mass is 213 g/mol. The Bertz CT molecular complexity index is 501. The lowest BCUT2D eigenvalue weighted by Gasteiger charge is -2.30. The first-order valence-corrected chi connectivity index (χ1v) is 5.66. The molecule has 0 spiro atoms. The van der Waals surface area contributed by atoms with E-state index in [-0.39, 0.29) is 0 Å². The number of aromatic amines is 1. The van der Waals surface area contributed by atoms with Gasteiger partial charge < -0.3 is 10.3 Å². The molecule has 1 aliphatic rings. The summed E-state index contributed by atoms with van der Waals surface area (Å²) in [5.74, 6) is 1.52. The first kappa shape index (κ1) is 9.46. The Balaban J connectivity index is 1.63. The Morgan fingerprint density at radius 1 is 1.44 bits per heavy atom. The summed E-state index contributed by atoms with van der Waals surface area (Å²) in [6.45, 7) is 2.97. The number of H-pyrrole nitrogens is 1. The Hall–Kier alpha value is -1.77. The van der Waals surface area contributed by atoms with Crippen LogP contribution in [0.1, 0.15) is 22.7 Å². The molecular weight excluding hydrogens is 198 g/mol. The summed E-state index contributed by atoms with van der Waals surface area (Å²) >= 11 is 0. The lowest BCUT2D eigenvalue weighted by atomic mass is 9.78. The van der Waals surface area contributed by atoms with Gasteiger partial charge in [-0.15, -0.1) is 0 Å². The summed E-state index contributed by atoms with van der Waals surface area (Å²) in [7, 11) is 0. The second-order valence-electron chi connectivity index (χ2n) is 4.40. The number of hydrogen-bond donors (Lipinski definition) is 2. The predicted molar refractivity (Wildman–Crippen MR) is 64.7 cm³/mol. The minimum atomic E-state index is 0.640. The Kier molecular flexibility index (Phi) is 2.17. The zero-order valence-corrected chi connectivity index (χ0v) is 9.33. The predicted octanol–water partition coefficient (Wildman–Crippen LogP) is 2.47. The molecule has 0 radical (unpaired) electrons. The summed E-state index contributed by atoms with van der Waals surface area (Å²) in [5.41, 5.74) is 4.07. The zero-order chi connectivity index (χ0) is 11.0. The van der Waals surface area contributed by atoms with Gasteiger partial charge in [0.2, 0.25) is 0 Å². The number of fused-ring (bicyclic) bond motifs is 1. The summed E-state index contributed by atoms with van der Waals surface area (Å²) < 4.78 is 0. The van der Waals surface area contributed by atoms with Crippen molar-refractivity contribution in [2.75, 3.05) is 11.9 Å². The molecule has 0 fully saturated rings. The fourth-order valence-corrected chi connectivity index (χ4v) is 2.27. The normalized spacial score (nSPS) is 17.7. The molecule has 0 saturated heterocycles. The van der Waals surface area contributed by atoms with E-state index >= 15 is 0 Å². The lowest BCUT2D eigenvalue weighted by Crippen LogP contribution is -2.24. The van der Waals surface area contributed by atoms with E-state index in [1.54, 1.807) is 0 Å². The van der Waals surface area contributed by atoms with E-state index in [0.717, 1.165) is 18.2 Å². The van der Waals surface area contributed by atoms with Crippen LogP contribution in [0.4, 0.5) is 5.95 Å². The van der Waals surface area contributed by atoms with Gasteiger partial charge in [0, 0.05) is 24.4 Å². The molecule has 2 N–H and O–H groups in total. The first-order valence-electron chi connectivity index (χ1n) is 5.66. The van der Waals surface area contributed by atoms with Crippen LogP contribution in [-0.4, -0.2) is 16.5 Å². The van der Waals surface area contributed by atoms with Crippen LogP contribution in [-0.2, 0) is 6.42 Å². The molecule has 3 heteroatoms. The average molecular weight is 213 g/mol. The van der Waals surface area contributed by atoms with E-state index in [1.165, 1.54) is 17.5 Å². The van der Waals surface area contributed by atoms with Crippen LogP contribution in [0.15, 0.2) is 30.5 Å². The highest BCUT2D eigenvalue weighted by molar-refractivity contribution is 5.41. The maximum Gasteiger partial charge on any atom is 0.200 e. The quantitative estimate of drug-likeness (QED) is 0.822. The molecule has 3 nitrogen and oxygen atoms in total. The molecule has 82 valence electrons. The number of imidazole rings is 1. The van der Waals surface area contributed by atoms with E-state index in [0.29, 0.717) is 5.92 Å². The fraction of sp³-hybridized carbons (Fsp3) is 0.308. The Morgan fingerprint density at radius 3 is 3.06 bits per heavy atom. The van der Waals surface area contributed by atoms with E-state index in [4.69, 9.17) is 0 Å². The van der Waals surface area contributed by atoms with Gasteiger partial charge in [-0.1, -0.05) is 24.3 Å². The second-order valence-corrected chi connectivity index (χ2v) is 4.40. The highest BCUT2D eigenvalue weighted by Crippen LogP contribution is 2.34. The highest BCUT2D eigenvalue weighted by atomic mass is 15.1. The van der Waals surface area contributed by atoms with Crippen LogP contribution in [0.3, 0.4) is 0 Å². The molecule has 1 aliphatic carbocycles. The maximum atomic E-state index is 4.24.